The van der Waals surface area contributed by atoms with Gasteiger partial charge in [-0.25, -0.2) is 4.39 Å². The molecule has 0 heterocycles. The van der Waals surface area contributed by atoms with Gasteiger partial charge in [-0.2, -0.15) is 0 Å². The van der Waals surface area contributed by atoms with Crippen molar-refractivity contribution in [3.8, 4) is 11.5 Å². The van der Waals surface area contributed by atoms with E-state index in [0.717, 1.165) is 5.56 Å². The SMILES string of the molecule is Cc1cccc(Oc2ccc(C(C)O)cc2F)c1. The molecule has 2 aromatic rings. The minimum absolute atomic E-state index is 0.157. The van der Waals surface area contributed by atoms with E-state index in [1.165, 1.54) is 12.1 Å². The molecule has 2 nitrogen and oxygen atoms in total. The highest BCUT2D eigenvalue weighted by Crippen LogP contribution is 2.27. The van der Waals surface area contributed by atoms with Gasteiger partial charge in [0.1, 0.15) is 5.75 Å². The fraction of sp³-hybridized carbons (Fsp3) is 0.200. The number of rotatable bonds is 3. The molecule has 1 unspecified atom stereocenters. The molecule has 0 fully saturated rings. The van der Waals surface area contributed by atoms with Crippen LogP contribution in [0.2, 0.25) is 0 Å². The third-order valence-electron chi connectivity index (χ3n) is 2.66. The van der Waals surface area contributed by atoms with E-state index < -0.39 is 11.9 Å². The summed E-state index contributed by atoms with van der Waals surface area (Å²) in [6.07, 6.45) is -0.687. The maximum absolute atomic E-state index is 13.8. The zero-order valence-corrected chi connectivity index (χ0v) is 10.4. The zero-order chi connectivity index (χ0) is 13.1. The summed E-state index contributed by atoms with van der Waals surface area (Å²) in [5, 5.41) is 9.36. The van der Waals surface area contributed by atoms with E-state index in [2.05, 4.69) is 0 Å². The predicted octanol–water partition coefficient (Wildman–Crippen LogP) is 3.98. The number of aliphatic hydroxyl groups excluding tert-OH is 1. The van der Waals surface area contributed by atoms with Crippen LogP contribution >= 0.6 is 0 Å². The normalized spacial score (nSPS) is 12.2. The topological polar surface area (TPSA) is 29.5 Å². The molecule has 3 heteroatoms. The third-order valence-corrected chi connectivity index (χ3v) is 2.66. The summed E-state index contributed by atoms with van der Waals surface area (Å²) >= 11 is 0. The van der Waals surface area contributed by atoms with Crippen LogP contribution in [0, 0.1) is 12.7 Å². The van der Waals surface area contributed by atoms with Crippen molar-refractivity contribution in [2.45, 2.75) is 20.0 Å². The molecule has 0 aromatic heterocycles. The van der Waals surface area contributed by atoms with E-state index in [0.29, 0.717) is 11.3 Å². The highest BCUT2D eigenvalue weighted by molar-refractivity contribution is 5.36. The van der Waals surface area contributed by atoms with E-state index in [1.54, 1.807) is 19.1 Å². The summed E-state index contributed by atoms with van der Waals surface area (Å²) in [5.41, 5.74) is 1.58. The second kappa shape index (κ2) is 5.19. The van der Waals surface area contributed by atoms with Gasteiger partial charge >= 0.3 is 0 Å². The smallest absolute Gasteiger partial charge is 0.166 e. The van der Waals surface area contributed by atoms with Gasteiger partial charge in [-0.3, -0.25) is 0 Å². The molecule has 0 bridgehead atoms. The maximum atomic E-state index is 13.8. The molecule has 0 saturated carbocycles. The minimum Gasteiger partial charge on any atom is -0.454 e. The number of hydrogen-bond acceptors (Lipinski definition) is 2. The summed E-state index contributed by atoms with van der Waals surface area (Å²) in [6.45, 7) is 3.54. The Morgan fingerprint density at radius 3 is 2.56 bits per heavy atom. The van der Waals surface area contributed by atoms with Crippen molar-refractivity contribution in [1.29, 1.82) is 0 Å². The molecular formula is C15H15FO2. The number of ether oxygens (including phenoxy) is 1. The molecule has 1 atom stereocenters. The predicted molar refractivity (Wildman–Crippen MR) is 68.3 cm³/mol. The first-order chi connectivity index (χ1) is 8.56. The summed E-state index contributed by atoms with van der Waals surface area (Å²) < 4.78 is 19.2. The van der Waals surface area contributed by atoms with Crippen molar-refractivity contribution in [3.63, 3.8) is 0 Å². The van der Waals surface area contributed by atoms with Crippen LogP contribution in [0.15, 0.2) is 42.5 Å². The number of hydrogen-bond donors (Lipinski definition) is 1. The lowest BCUT2D eigenvalue weighted by Gasteiger charge is -2.10. The van der Waals surface area contributed by atoms with Crippen LogP contribution in [0.25, 0.3) is 0 Å². The second-order valence-corrected chi connectivity index (χ2v) is 4.28. The Morgan fingerprint density at radius 2 is 1.94 bits per heavy atom. The molecular weight excluding hydrogens is 231 g/mol. The van der Waals surface area contributed by atoms with Crippen LogP contribution in [0.3, 0.4) is 0 Å². The summed E-state index contributed by atoms with van der Waals surface area (Å²) in [5.74, 6) is 0.276. The Morgan fingerprint density at radius 1 is 1.17 bits per heavy atom. The van der Waals surface area contributed by atoms with Crippen LogP contribution in [0.4, 0.5) is 4.39 Å². The third kappa shape index (κ3) is 2.87. The molecule has 0 spiro atoms. The second-order valence-electron chi connectivity index (χ2n) is 4.28. The average molecular weight is 246 g/mol. The van der Waals surface area contributed by atoms with Crippen LogP contribution in [-0.4, -0.2) is 5.11 Å². The Bertz CT molecular complexity index is 550. The minimum atomic E-state index is -0.687. The first kappa shape index (κ1) is 12.6. The Kier molecular flexibility index (Phi) is 3.63. The van der Waals surface area contributed by atoms with Crippen LogP contribution in [-0.2, 0) is 0 Å². The summed E-state index contributed by atoms with van der Waals surface area (Å²) in [4.78, 5) is 0. The number of aliphatic hydroxyl groups is 1. The lowest BCUT2D eigenvalue weighted by Crippen LogP contribution is -1.94. The molecule has 0 radical (unpaired) electrons. The lowest BCUT2D eigenvalue weighted by atomic mass is 10.1. The molecule has 0 aliphatic heterocycles. The van der Waals surface area contributed by atoms with E-state index in [4.69, 9.17) is 4.74 Å². The van der Waals surface area contributed by atoms with E-state index in [9.17, 15) is 9.50 Å². The maximum Gasteiger partial charge on any atom is 0.166 e. The van der Waals surface area contributed by atoms with Crippen molar-refractivity contribution in [1.82, 2.24) is 0 Å². The van der Waals surface area contributed by atoms with Crippen molar-refractivity contribution in [2.75, 3.05) is 0 Å². The van der Waals surface area contributed by atoms with Gasteiger partial charge in [0.25, 0.3) is 0 Å². The van der Waals surface area contributed by atoms with Crippen molar-refractivity contribution < 1.29 is 14.2 Å². The van der Waals surface area contributed by atoms with Gasteiger partial charge in [0, 0.05) is 0 Å². The largest absolute Gasteiger partial charge is 0.454 e. The van der Waals surface area contributed by atoms with Crippen LogP contribution in [0.5, 0.6) is 11.5 Å². The van der Waals surface area contributed by atoms with E-state index in [1.807, 2.05) is 25.1 Å². The van der Waals surface area contributed by atoms with Gasteiger partial charge in [0.05, 0.1) is 6.10 Å². The Labute approximate surface area is 106 Å². The molecule has 0 aliphatic carbocycles. The highest BCUT2D eigenvalue weighted by Gasteiger charge is 2.08. The van der Waals surface area contributed by atoms with Gasteiger partial charge in [0.2, 0.25) is 0 Å². The molecule has 0 amide bonds. The highest BCUT2D eigenvalue weighted by atomic mass is 19.1. The van der Waals surface area contributed by atoms with Gasteiger partial charge in [-0.15, -0.1) is 0 Å². The van der Waals surface area contributed by atoms with Crippen LogP contribution in [0.1, 0.15) is 24.2 Å². The Hall–Kier alpha value is -1.87. The quantitative estimate of drug-likeness (QED) is 0.887. The molecule has 18 heavy (non-hydrogen) atoms. The average Bonchev–Trinajstić information content (AvgIpc) is 2.31. The lowest BCUT2D eigenvalue weighted by molar-refractivity contribution is 0.198. The molecule has 2 rings (SSSR count). The first-order valence-electron chi connectivity index (χ1n) is 5.78. The fourth-order valence-electron chi connectivity index (χ4n) is 1.67. The fourth-order valence-corrected chi connectivity index (χ4v) is 1.67. The van der Waals surface area contributed by atoms with Crippen molar-refractivity contribution in [3.05, 3.63) is 59.4 Å². The zero-order valence-electron chi connectivity index (χ0n) is 10.4. The standard InChI is InChI=1S/C15H15FO2/c1-10-4-3-5-13(8-10)18-15-7-6-12(11(2)17)9-14(15)16/h3-9,11,17H,1-2H3. The van der Waals surface area contributed by atoms with Crippen molar-refractivity contribution >= 4 is 0 Å². The number of aryl methyl sites for hydroxylation is 1. The van der Waals surface area contributed by atoms with E-state index >= 15 is 0 Å². The van der Waals surface area contributed by atoms with Gasteiger partial charge in [-0.1, -0.05) is 18.2 Å². The number of halogens is 1. The van der Waals surface area contributed by atoms with Gasteiger partial charge in [-0.05, 0) is 49.2 Å². The Balaban J connectivity index is 2.24. The molecule has 0 saturated heterocycles. The molecule has 2 aromatic carbocycles. The molecule has 94 valence electrons. The number of benzene rings is 2. The van der Waals surface area contributed by atoms with Crippen molar-refractivity contribution in [2.24, 2.45) is 0 Å². The summed E-state index contributed by atoms with van der Waals surface area (Å²) in [6, 6.07) is 11.9. The summed E-state index contributed by atoms with van der Waals surface area (Å²) in [7, 11) is 0. The van der Waals surface area contributed by atoms with E-state index in [-0.39, 0.29) is 5.75 Å². The van der Waals surface area contributed by atoms with Gasteiger partial charge in [0.15, 0.2) is 11.6 Å². The monoisotopic (exact) mass is 246 g/mol. The molecule has 1 N–H and O–H groups in total. The molecule has 0 aliphatic rings. The van der Waals surface area contributed by atoms with Crippen LogP contribution < -0.4 is 4.74 Å². The van der Waals surface area contributed by atoms with Gasteiger partial charge < -0.3 is 9.84 Å². The first-order valence-corrected chi connectivity index (χ1v) is 5.78.